The molecule has 0 fully saturated rings. The molecule has 162 valence electrons. The van der Waals surface area contributed by atoms with Crippen molar-refractivity contribution in [1.82, 2.24) is 10.6 Å². The third kappa shape index (κ3) is 8.91. The van der Waals surface area contributed by atoms with Crippen LogP contribution < -0.4 is 16.0 Å². The second-order valence-corrected chi connectivity index (χ2v) is 6.26. The van der Waals surface area contributed by atoms with E-state index in [0.29, 0.717) is 23.8 Å². The van der Waals surface area contributed by atoms with Gasteiger partial charge in [0.25, 0.3) is 0 Å². The van der Waals surface area contributed by atoms with Crippen LogP contribution >= 0.6 is 0 Å². The van der Waals surface area contributed by atoms with Gasteiger partial charge in [-0.15, -0.1) is 0 Å². The van der Waals surface area contributed by atoms with Crippen LogP contribution in [0.3, 0.4) is 0 Å². The Morgan fingerprint density at radius 3 is 2.40 bits per heavy atom. The number of rotatable bonds is 8. The zero-order chi connectivity index (χ0) is 22.0. The van der Waals surface area contributed by atoms with E-state index in [1.54, 1.807) is 37.4 Å². The van der Waals surface area contributed by atoms with E-state index in [2.05, 4.69) is 25.7 Å². The fourth-order valence-corrected chi connectivity index (χ4v) is 2.38. The molecule has 2 aromatic carbocycles. The van der Waals surface area contributed by atoms with Crippen molar-refractivity contribution in [1.29, 1.82) is 0 Å². The first-order valence-electron chi connectivity index (χ1n) is 8.97. The summed E-state index contributed by atoms with van der Waals surface area (Å²) < 4.78 is 54.0. The molecule has 0 aromatic heterocycles. The molecule has 0 bridgehead atoms. The molecule has 2 rings (SSSR count). The van der Waals surface area contributed by atoms with E-state index in [-0.39, 0.29) is 19.1 Å². The number of alkyl halides is 3. The number of hydrogen-bond acceptors (Lipinski definition) is 3. The smallest absolute Gasteiger partial charge is 0.367 e. The van der Waals surface area contributed by atoms with Crippen LogP contribution in [0, 0.1) is 5.82 Å². The van der Waals surface area contributed by atoms with Gasteiger partial charge >= 0.3 is 6.18 Å². The van der Waals surface area contributed by atoms with Crippen molar-refractivity contribution in [3.8, 4) is 0 Å². The molecule has 0 saturated heterocycles. The molecule has 0 spiro atoms. The number of nitrogens with zero attached hydrogens (tertiary/aromatic N) is 1. The second kappa shape index (κ2) is 11.1. The summed E-state index contributed by atoms with van der Waals surface area (Å²) in [6.45, 7) is -1.11. The average molecular weight is 426 g/mol. The highest BCUT2D eigenvalue weighted by molar-refractivity contribution is 5.94. The number of hydrogen-bond donors (Lipinski definition) is 3. The normalized spacial score (nSPS) is 11.8. The van der Waals surface area contributed by atoms with Crippen LogP contribution in [0.25, 0.3) is 0 Å². The molecule has 30 heavy (non-hydrogen) atoms. The van der Waals surface area contributed by atoms with Gasteiger partial charge in [-0.3, -0.25) is 9.79 Å². The number of carbonyl (C=O) groups is 1. The molecular formula is C20H22F4N4O2. The van der Waals surface area contributed by atoms with Gasteiger partial charge in [0, 0.05) is 19.3 Å². The third-order valence-electron chi connectivity index (χ3n) is 3.77. The van der Waals surface area contributed by atoms with Crippen LogP contribution in [0.15, 0.2) is 53.5 Å². The van der Waals surface area contributed by atoms with Crippen LogP contribution in [0.5, 0.6) is 0 Å². The first-order chi connectivity index (χ1) is 14.2. The van der Waals surface area contributed by atoms with Crippen molar-refractivity contribution in [3.63, 3.8) is 0 Å². The summed E-state index contributed by atoms with van der Waals surface area (Å²) in [4.78, 5) is 15.9. The van der Waals surface area contributed by atoms with E-state index in [1.807, 2.05) is 0 Å². The van der Waals surface area contributed by atoms with E-state index < -0.39 is 18.6 Å². The summed E-state index contributed by atoms with van der Waals surface area (Å²) >= 11 is 0. The maximum Gasteiger partial charge on any atom is 0.411 e. The molecule has 2 aromatic rings. The summed E-state index contributed by atoms with van der Waals surface area (Å²) in [6, 6.07) is 12.4. The zero-order valence-electron chi connectivity index (χ0n) is 16.2. The van der Waals surface area contributed by atoms with Gasteiger partial charge in [0.05, 0.1) is 13.2 Å². The summed E-state index contributed by atoms with van der Waals surface area (Å²) in [7, 11) is 1.54. The Morgan fingerprint density at radius 2 is 1.77 bits per heavy atom. The van der Waals surface area contributed by atoms with E-state index >= 15 is 0 Å². The molecule has 6 nitrogen and oxygen atoms in total. The number of anilines is 1. The summed E-state index contributed by atoms with van der Waals surface area (Å²) in [6.07, 6.45) is -4.35. The van der Waals surface area contributed by atoms with Crippen molar-refractivity contribution < 1.29 is 27.1 Å². The van der Waals surface area contributed by atoms with Gasteiger partial charge in [0.1, 0.15) is 12.4 Å². The zero-order valence-corrected chi connectivity index (χ0v) is 16.2. The van der Waals surface area contributed by atoms with Gasteiger partial charge in [0.15, 0.2) is 5.96 Å². The lowest BCUT2D eigenvalue weighted by molar-refractivity contribution is -0.176. The first-order valence-corrected chi connectivity index (χ1v) is 8.97. The summed E-state index contributed by atoms with van der Waals surface area (Å²) in [5.41, 5.74) is 1.84. The third-order valence-corrected chi connectivity index (χ3v) is 3.77. The van der Waals surface area contributed by atoms with E-state index in [9.17, 15) is 22.4 Å². The second-order valence-electron chi connectivity index (χ2n) is 6.26. The van der Waals surface area contributed by atoms with Crippen molar-refractivity contribution in [2.45, 2.75) is 19.3 Å². The quantitative estimate of drug-likeness (QED) is 0.344. The minimum Gasteiger partial charge on any atom is -0.367 e. The molecule has 0 saturated carbocycles. The predicted molar refractivity (Wildman–Crippen MR) is 105 cm³/mol. The molecular weight excluding hydrogens is 404 g/mol. The number of halogens is 4. The number of aliphatic imine (C=N–C) groups is 1. The van der Waals surface area contributed by atoms with E-state index in [4.69, 9.17) is 0 Å². The monoisotopic (exact) mass is 426 g/mol. The molecule has 0 unspecified atom stereocenters. The van der Waals surface area contributed by atoms with E-state index in [0.717, 1.165) is 5.56 Å². The molecule has 0 aliphatic rings. The van der Waals surface area contributed by atoms with E-state index in [1.165, 1.54) is 18.2 Å². The Labute approximate surface area is 171 Å². The lowest BCUT2D eigenvalue weighted by Gasteiger charge is -2.12. The number of amides is 1. The molecule has 0 heterocycles. The number of ether oxygens (including phenoxy) is 1. The van der Waals surface area contributed by atoms with Gasteiger partial charge in [-0.1, -0.05) is 30.3 Å². The van der Waals surface area contributed by atoms with Crippen LogP contribution in [0.4, 0.5) is 23.2 Å². The average Bonchev–Trinajstić information content (AvgIpc) is 2.68. The SMILES string of the molecule is CN=C(NCC(=O)Nc1cccc(F)c1)NCc1ccc(COCC(F)(F)F)cc1. The maximum atomic E-state index is 13.1. The molecule has 0 aliphatic heterocycles. The highest BCUT2D eigenvalue weighted by Crippen LogP contribution is 2.16. The van der Waals surface area contributed by atoms with Gasteiger partial charge < -0.3 is 20.7 Å². The highest BCUT2D eigenvalue weighted by Gasteiger charge is 2.27. The van der Waals surface area contributed by atoms with Gasteiger partial charge in [-0.25, -0.2) is 4.39 Å². The largest absolute Gasteiger partial charge is 0.411 e. The first kappa shape index (κ1) is 23.1. The summed E-state index contributed by atoms with van der Waals surface area (Å²) in [5.74, 6) is -0.440. The Hall–Kier alpha value is -3.14. The topological polar surface area (TPSA) is 74.8 Å². The number of benzene rings is 2. The molecule has 0 radical (unpaired) electrons. The molecule has 3 N–H and O–H groups in total. The molecule has 0 aliphatic carbocycles. The lowest BCUT2D eigenvalue weighted by Crippen LogP contribution is -2.41. The van der Waals surface area contributed by atoms with Crippen LogP contribution in [0.2, 0.25) is 0 Å². The van der Waals surface area contributed by atoms with Gasteiger partial charge in [-0.05, 0) is 29.3 Å². The van der Waals surface area contributed by atoms with Crippen LogP contribution in [0.1, 0.15) is 11.1 Å². The van der Waals surface area contributed by atoms with Gasteiger partial charge in [-0.2, -0.15) is 13.2 Å². The molecule has 0 atom stereocenters. The lowest BCUT2D eigenvalue weighted by atomic mass is 10.1. The fourth-order valence-electron chi connectivity index (χ4n) is 2.38. The minimum absolute atomic E-state index is 0.0777. The highest BCUT2D eigenvalue weighted by atomic mass is 19.4. The Kier molecular flexibility index (Phi) is 8.60. The van der Waals surface area contributed by atoms with Crippen molar-refractivity contribution in [2.24, 2.45) is 4.99 Å². The number of guanidine groups is 1. The molecule has 10 heteroatoms. The van der Waals surface area contributed by atoms with Crippen LogP contribution in [-0.4, -0.2) is 38.2 Å². The minimum atomic E-state index is -4.35. The Balaban J connectivity index is 1.73. The van der Waals surface area contributed by atoms with Crippen molar-refractivity contribution >= 4 is 17.6 Å². The fraction of sp³-hybridized carbons (Fsp3) is 0.300. The van der Waals surface area contributed by atoms with Crippen molar-refractivity contribution in [3.05, 3.63) is 65.5 Å². The summed E-state index contributed by atoms with van der Waals surface area (Å²) in [5, 5.41) is 8.41. The molecule has 1 amide bonds. The number of carbonyl (C=O) groups excluding carboxylic acids is 1. The Morgan fingerprint density at radius 1 is 1.07 bits per heavy atom. The maximum absolute atomic E-state index is 13.1. The standard InChI is InChI=1S/C20H22F4N4O2/c1-25-19(27-11-18(29)28-17-4-2-3-16(21)9-17)26-10-14-5-7-15(8-6-14)12-30-13-20(22,23)24/h2-9H,10-13H2,1H3,(H,28,29)(H2,25,26,27). The number of nitrogens with one attached hydrogen (secondary N) is 3. The predicted octanol–water partition coefficient (Wildman–Crippen LogP) is 3.21. The van der Waals surface area contributed by atoms with Crippen LogP contribution in [-0.2, 0) is 22.7 Å². The van der Waals surface area contributed by atoms with Gasteiger partial charge in [0.2, 0.25) is 5.91 Å². The van der Waals surface area contributed by atoms with Crippen molar-refractivity contribution in [2.75, 3.05) is 25.5 Å². The Bertz CT molecular complexity index is 855.